The lowest BCUT2D eigenvalue weighted by Gasteiger charge is -2.43. The summed E-state index contributed by atoms with van der Waals surface area (Å²) >= 11 is 14.5. The molecule has 0 unspecified atom stereocenters. The van der Waals surface area contributed by atoms with Crippen LogP contribution in [0.2, 0.25) is 10.0 Å². The maximum absolute atomic E-state index is 13.5. The first-order valence-electron chi connectivity index (χ1n) is 11.8. The van der Waals surface area contributed by atoms with E-state index in [9.17, 15) is 10.1 Å². The van der Waals surface area contributed by atoms with E-state index in [1.54, 1.807) is 19.2 Å². The molecule has 2 aromatic carbocycles. The molecule has 0 saturated heterocycles. The van der Waals surface area contributed by atoms with Crippen molar-refractivity contribution in [3.8, 4) is 11.8 Å². The van der Waals surface area contributed by atoms with Crippen molar-refractivity contribution in [1.82, 2.24) is 4.90 Å². The van der Waals surface area contributed by atoms with Crippen LogP contribution in [0.25, 0.3) is 0 Å². The Hall–Kier alpha value is -2.25. The molecule has 4 rings (SSSR count). The maximum atomic E-state index is 13.5. The van der Waals surface area contributed by atoms with Crippen molar-refractivity contribution in [2.75, 3.05) is 20.3 Å². The summed E-state index contributed by atoms with van der Waals surface area (Å²) in [5.41, 5.74) is 9.94. The lowest BCUT2D eigenvalue weighted by atomic mass is 9.68. The van der Waals surface area contributed by atoms with Gasteiger partial charge in [-0.1, -0.05) is 49.2 Å². The number of nitrogens with two attached hydrogens (primary N) is 1. The summed E-state index contributed by atoms with van der Waals surface area (Å²) in [6.07, 6.45) is 1.10. The van der Waals surface area contributed by atoms with Crippen LogP contribution in [-0.2, 0) is 16.1 Å². The average Bonchev–Trinajstić information content (AvgIpc) is 2.82. The monoisotopic (exact) mass is 651 g/mol. The second-order valence-electron chi connectivity index (χ2n) is 10.0. The van der Waals surface area contributed by atoms with Crippen LogP contribution in [0.4, 0.5) is 0 Å². The van der Waals surface area contributed by atoms with Crippen LogP contribution in [0.5, 0.6) is 5.75 Å². The molecule has 0 bridgehead atoms. The highest BCUT2D eigenvalue weighted by atomic mass is 127. The minimum atomic E-state index is -0.532. The largest absolute Gasteiger partial charge is 0.488 e. The fraction of sp³-hybridized carbons (Fsp3) is 0.357. The van der Waals surface area contributed by atoms with Crippen LogP contribution in [-0.4, -0.2) is 30.9 Å². The highest BCUT2D eigenvalue weighted by Gasteiger charge is 2.44. The number of Topliss-reactive ketones (excluding diaryl/α,β-unsaturated/α-hetero) is 1. The van der Waals surface area contributed by atoms with Crippen LogP contribution in [0.1, 0.15) is 43.7 Å². The minimum absolute atomic E-state index is 0.0478. The van der Waals surface area contributed by atoms with Gasteiger partial charge in [0.2, 0.25) is 0 Å². The summed E-state index contributed by atoms with van der Waals surface area (Å²) in [7, 11) is 1.62. The Morgan fingerprint density at radius 3 is 2.62 bits per heavy atom. The number of halogens is 3. The van der Waals surface area contributed by atoms with E-state index in [2.05, 4.69) is 42.5 Å². The summed E-state index contributed by atoms with van der Waals surface area (Å²) < 4.78 is 12.2. The molecular formula is C28H28Cl2IN3O3. The van der Waals surface area contributed by atoms with E-state index in [1.165, 1.54) is 0 Å². The van der Waals surface area contributed by atoms with Crippen LogP contribution in [0, 0.1) is 20.3 Å². The van der Waals surface area contributed by atoms with Crippen LogP contribution in [0.15, 0.2) is 59.1 Å². The van der Waals surface area contributed by atoms with Crippen LogP contribution in [0.3, 0.4) is 0 Å². The standard InChI is InChI=1S/C28H28Cl2IN3O3/c1-28(2)12-22-26(23(35)13-28)25(19(14-32)27(33)34(22)8-9-36-3)16-5-7-24(21(31)10-16)37-15-17-4-6-18(29)11-20(17)30/h4-7,10-11,25H,8-9,12-13,15,33H2,1-3H3/t25-/m0/s1. The number of nitrogens with zero attached hydrogens (tertiary/aromatic N) is 2. The molecule has 0 amide bonds. The molecule has 6 nitrogen and oxygen atoms in total. The fourth-order valence-electron chi connectivity index (χ4n) is 4.95. The Morgan fingerprint density at radius 2 is 1.97 bits per heavy atom. The summed E-state index contributed by atoms with van der Waals surface area (Å²) in [5, 5.41) is 11.3. The predicted octanol–water partition coefficient (Wildman–Crippen LogP) is 6.56. The quantitative estimate of drug-likeness (QED) is 0.341. The van der Waals surface area contributed by atoms with Crippen molar-refractivity contribution >= 4 is 51.6 Å². The first kappa shape index (κ1) is 27.8. The SMILES string of the molecule is COCCN1C(N)=C(C#N)[C@H](c2ccc(OCc3ccc(Cl)cc3Cl)c(I)c2)C2=C1CC(C)(C)CC2=O. The van der Waals surface area contributed by atoms with E-state index in [4.69, 9.17) is 38.4 Å². The zero-order valence-corrected chi connectivity index (χ0v) is 24.6. The van der Waals surface area contributed by atoms with E-state index in [-0.39, 0.29) is 17.8 Å². The number of ketones is 1. The van der Waals surface area contributed by atoms with E-state index >= 15 is 0 Å². The molecule has 0 aromatic heterocycles. The lowest BCUT2D eigenvalue weighted by molar-refractivity contribution is -0.118. The van der Waals surface area contributed by atoms with Gasteiger partial charge in [-0.2, -0.15) is 5.26 Å². The fourth-order valence-corrected chi connectivity index (χ4v) is 6.11. The van der Waals surface area contributed by atoms with Gasteiger partial charge in [-0.15, -0.1) is 0 Å². The molecule has 2 aromatic rings. The molecule has 37 heavy (non-hydrogen) atoms. The molecule has 9 heteroatoms. The molecule has 0 spiro atoms. The second kappa shape index (κ2) is 11.2. The topological polar surface area (TPSA) is 88.6 Å². The number of ether oxygens (including phenoxy) is 2. The summed E-state index contributed by atoms with van der Waals surface area (Å²) in [6, 6.07) is 13.3. The van der Waals surface area contributed by atoms with Gasteiger partial charge in [-0.05, 0) is 64.3 Å². The number of hydrogen-bond acceptors (Lipinski definition) is 6. The first-order chi connectivity index (χ1) is 17.6. The Balaban J connectivity index is 1.71. The summed E-state index contributed by atoms with van der Waals surface area (Å²) in [6.45, 7) is 5.35. The number of benzene rings is 2. The van der Waals surface area contributed by atoms with Gasteiger partial charge in [-0.25, -0.2) is 0 Å². The molecular weight excluding hydrogens is 624 g/mol. The minimum Gasteiger partial charge on any atom is -0.488 e. The number of nitriles is 1. The Bertz CT molecular complexity index is 1350. The molecule has 1 aliphatic carbocycles. The lowest BCUT2D eigenvalue weighted by Crippen LogP contribution is -2.43. The van der Waals surface area contributed by atoms with Gasteiger partial charge in [-0.3, -0.25) is 4.79 Å². The molecule has 194 valence electrons. The van der Waals surface area contributed by atoms with E-state index in [0.29, 0.717) is 58.8 Å². The molecule has 0 radical (unpaired) electrons. The van der Waals surface area contributed by atoms with Gasteiger partial charge >= 0.3 is 0 Å². The summed E-state index contributed by atoms with van der Waals surface area (Å²) in [5.74, 6) is 0.567. The van der Waals surface area contributed by atoms with E-state index < -0.39 is 5.92 Å². The number of methoxy groups -OCH3 is 1. The molecule has 2 N–H and O–H groups in total. The van der Waals surface area contributed by atoms with Crippen molar-refractivity contribution in [1.29, 1.82) is 5.26 Å². The van der Waals surface area contributed by atoms with E-state index in [0.717, 1.165) is 20.4 Å². The van der Waals surface area contributed by atoms with Crippen molar-refractivity contribution in [3.63, 3.8) is 0 Å². The van der Waals surface area contributed by atoms with Gasteiger partial charge in [0.1, 0.15) is 18.2 Å². The molecule has 1 atom stereocenters. The predicted molar refractivity (Wildman–Crippen MR) is 153 cm³/mol. The molecule has 2 aliphatic rings. The van der Waals surface area contributed by atoms with Crippen LogP contribution < -0.4 is 10.5 Å². The Morgan fingerprint density at radius 1 is 1.22 bits per heavy atom. The third kappa shape index (κ3) is 5.78. The number of carbonyl (C=O) groups excluding carboxylic acids is 1. The number of allylic oxidation sites excluding steroid dienone is 3. The van der Waals surface area contributed by atoms with Crippen molar-refractivity contribution < 1.29 is 14.3 Å². The van der Waals surface area contributed by atoms with Gasteiger partial charge in [0.25, 0.3) is 0 Å². The second-order valence-corrected chi connectivity index (χ2v) is 12.0. The number of rotatable bonds is 7. The van der Waals surface area contributed by atoms with Gasteiger partial charge in [0.05, 0.1) is 27.7 Å². The normalized spacial score (nSPS) is 19.1. The third-order valence-corrected chi connectivity index (χ3v) is 8.12. The van der Waals surface area contributed by atoms with Crippen molar-refractivity contribution in [2.45, 2.75) is 39.2 Å². The summed E-state index contributed by atoms with van der Waals surface area (Å²) in [4.78, 5) is 15.4. The molecule has 0 saturated carbocycles. The van der Waals surface area contributed by atoms with E-state index in [1.807, 2.05) is 29.2 Å². The molecule has 0 fully saturated rings. The molecule has 1 aliphatic heterocycles. The van der Waals surface area contributed by atoms with Crippen LogP contribution >= 0.6 is 45.8 Å². The van der Waals surface area contributed by atoms with Crippen molar-refractivity contribution in [2.24, 2.45) is 11.1 Å². The zero-order chi connectivity index (χ0) is 26.9. The maximum Gasteiger partial charge on any atom is 0.162 e. The highest BCUT2D eigenvalue weighted by Crippen LogP contribution is 2.49. The van der Waals surface area contributed by atoms with Gasteiger partial charge in [0, 0.05) is 47.0 Å². The number of carbonyl (C=O) groups is 1. The first-order valence-corrected chi connectivity index (χ1v) is 13.7. The smallest absolute Gasteiger partial charge is 0.162 e. The average molecular weight is 652 g/mol. The Kier molecular flexibility index (Phi) is 8.44. The van der Waals surface area contributed by atoms with Gasteiger partial charge < -0.3 is 20.1 Å². The van der Waals surface area contributed by atoms with Crippen molar-refractivity contribution in [3.05, 3.63) is 83.8 Å². The highest BCUT2D eigenvalue weighted by molar-refractivity contribution is 14.1. The van der Waals surface area contributed by atoms with Gasteiger partial charge in [0.15, 0.2) is 5.78 Å². The number of hydrogen-bond donors (Lipinski definition) is 1. The third-order valence-electron chi connectivity index (χ3n) is 6.69. The zero-order valence-electron chi connectivity index (χ0n) is 20.9. The Labute approximate surface area is 241 Å². The molecule has 1 heterocycles.